The summed E-state index contributed by atoms with van der Waals surface area (Å²) in [7, 11) is 1.60. The van der Waals surface area contributed by atoms with Gasteiger partial charge in [0.25, 0.3) is 5.91 Å². The standard InChI is InChI=1S/C24H30N6O2.C2H6/c1-26-15-21(14-25)29-24(32)22(13-17-5-2-3-6-17)30-23(31)18-8-10-19(11-9-18)28-20-7-4-12-27-16-20;1-2/h4,7-12,14-17,22,28H,2-3,5-6,13,25H2,1H3,(H,29,32)(H,30,31);1-2H3/b21-14+,26-15?;. The molecule has 3 rings (SSSR count). The Labute approximate surface area is 202 Å². The molecule has 1 unspecified atom stereocenters. The van der Waals surface area contributed by atoms with E-state index in [2.05, 4.69) is 25.9 Å². The first-order valence-corrected chi connectivity index (χ1v) is 11.8. The normalized spacial score (nSPS) is 14.7. The lowest BCUT2D eigenvalue weighted by atomic mass is 9.97. The minimum atomic E-state index is -0.654. The smallest absolute Gasteiger partial charge is 0.251 e. The second-order valence-electron chi connectivity index (χ2n) is 7.85. The van der Waals surface area contributed by atoms with Crippen LogP contribution in [-0.4, -0.2) is 36.1 Å². The highest BCUT2D eigenvalue weighted by atomic mass is 16.2. The van der Waals surface area contributed by atoms with Crippen molar-refractivity contribution in [2.45, 2.75) is 52.0 Å². The number of rotatable bonds is 9. The lowest BCUT2D eigenvalue weighted by Crippen LogP contribution is -2.47. The van der Waals surface area contributed by atoms with Crippen LogP contribution in [0.3, 0.4) is 0 Å². The highest BCUT2D eigenvalue weighted by Gasteiger charge is 2.27. The fourth-order valence-corrected chi connectivity index (χ4v) is 3.85. The highest BCUT2D eigenvalue weighted by molar-refractivity contribution is 5.99. The van der Waals surface area contributed by atoms with E-state index in [1.54, 1.807) is 31.6 Å². The molecule has 182 valence electrons. The molecule has 8 heteroatoms. The number of nitrogens with two attached hydrogens (primary N) is 1. The lowest BCUT2D eigenvalue weighted by Gasteiger charge is -2.21. The third-order valence-corrected chi connectivity index (χ3v) is 5.48. The van der Waals surface area contributed by atoms with Gasteiger partial charge in [0.2, 0.25) is 5.91 Å². The van der Waals surface area contributed by atoms with Crippen molar-refractivity contribution >= 4 is 29.4 Å². The molecule has 1 saturated carbocycles. The van der Waals surface area contributed by atoms with Gasteiger partial charge >= 0.3 is 0 Å². The van der Waals surface area contributed by atoms with Gasteiger partial charge in [-0.05, 0) is 48.7 Å². The van der Waals surface area contributed by atoms with Crippen molar-refractivity contribution < 1.29 is 9.59 Å². The van der Waals surface area contributed by atoms with E-state index in [0.717, 1.165) is 37.1 Å². The molecule has 2 aromatic rings. The van der Waals surface area contributed by atoms with E-state index in [4.69, 9.17) is 5.73 Å². The minimum absolute atomic E-state index is 0.293. The molecule has 1 aliphatic carbocycles. The highest BCUT2D eigenvalue weighted by Crippen LogP contribution is 2.28. The molecule has 1 aliphatic rings. The number of aliphatic imine (C=N–C) groups is 1. The lowest BCUT2D eigenvalue weighted by molar-refractivity contribution is -0.122. The second kappa shape index (κ2) is 14.5. The van der Waals surface area contributed by atoms with Gasteiger partial charge in [-0.2, -0.15) is 0 Å². The van der Waals surface area contributed by atoms with Crippen LogP contribution in [0.15, 0.2) is 65.7 Å². The average molecular weight is 465 g/mol. The summed E-state index contributed by atoms with van der Waals surface area (Å²) in [5.74, 6) is -0.169. The molecule has 34 heavy (non-hydrogen) atoms. The number of nitrogens with zero attached hydrogens (tertiary/aromatic N) is 2. The first-order chi connectivity index (χ1) is 16.6. The Morgan fingerprint density at radius 3 is 2.44 bits per heavy atom. The van der Waals surface area contributed by atoms with E-state index in [1.807, 2.05) is 38.1 Å². The monoisotopic (exact) mass is 464 g/mol. The van der Waals surface area contributed by atoms with Crippen LogP contribution < -0.4 is 21.7 Å². The summed E-state index contributed by atoms with van der Waals surface area (Å²) in [6.07, 6.45) is 11.3. The van der Waals surface area contributed by atoms with E-state index < -0.39 is 6.04 Å². The maximum Gasteiger partial charge on any atom is 0.251 e. The van der Waals surface area contributed by atoms with E-state index >= 15 is 0 Å². The van der Waals surface area contributed by atoms with Gasteiger partial charge in [0.05, 0.1) is 17.6 Å². The number of pyridine rings is 1. The largest absolute Gasteiger partial charge is 0.403 e. The van der Waals surface area contributed by atoms with Crippen molar-refractivity contribution in [2.24, 2.45) is 16.6 Å². The summed E-state index contributed by atoms with van der Waals surface area (Å²) in [6.45, 7) is 4.00. The van der Waals surface area contributed by atoms with Crippen LogP contribution in [0, 0.1) is 5.92 Å². The van der Waals surface area contributed by atoms with E-state index in [9.17, 15) is 9.59 Å². The van der Waals surface area contributed by atoms with E-state index in [-0.39, 0.29) is 11.8 Å². The van der Waals surface area contributed by atoms with Crippen molar-refractivity contribution in [3.8, 4) is 0 Å². The Morgan fingerprint density at radius 2 is 1.85 bits per heavy atom. The van der Waals surface area contributed by atoms with Gasteiger partial charge in [-0.1, -0.05) is 39.5 Å². The zero-order chi connectivity index (χ0) is 24.8. The molecule has 0 aliphatic heterocycles. The molecule has 0 spiro atoms. The summed E-state index contributed by atoms with van der Waals surface area (Å²) >= 11 is 0. The molecule has 8 nitrogen and oxygen atoms in total. The number of carbonyl (C=O) groups excluding carboxylic acids is 2. The Balaban J connectivity index is 0.00000199. The molecule has 0 bridgehead atoms. The topological polar surface area (TPSA) is 121 Å². The van der Waals surface area contributed by atoms with Crippen molar-refractivity contribution in [1.29, 1.82) is 0 Å². The molecule has 0 saturated heterocycles. The number of nitrogens with one attached hydrogen (secondary N) is 3. The van der Waals surface area contributed by atoms with E-state index in [1.165, 1.54) is 12.4 Å². The Morgan fingerprint density at radius 1 is 1.15 bits per heavy atom. The van der Waals surface area contributed by atoms with Gasteiger partial charge in [0.1, 0.15) is 6.04 Å². The van der Waals surface area contributed by atoms with Gasteiger partial charge in [-0.3, -0.25) is 19.6 Å². The van der Waals surface area contributed by atoms with Gasteiger partial charge in [-0.15, -0.1) is 0 Å². The first kappa shape index (κ1) is 26.6. The number of anilines is 2. The first-order valence-electron chi connectivity index (χ1n) is 11.8. The number of hydrogen-bond acceptors (Lipinski definition) is 6. The maximum atomic E-state index is 12.9. The predicted molar refractivity (Wildman–Crippen MR) is 138 cm³/mol. The summed E-state index contributed by atoms with van der Waals surface area (Å²) in [5, 5.41) is 8.89. The zero-order valence-corrected chi connectivity index (χ0v) is 20.3. The molecule has 2 amide bonds. The maximum absolute atomic E-state index is 12.9. The van der Waals surface area contributed by atoms with Crippen molar-refractivity contribution in [3.05, 3.63) is 66.3 Å². The van der Waals surface area contributed by atoms with Crippen molar-refractivity contribution in [3.63, 3.8) is 0 Å². The third-order valence-electron chi connectivity index (χ3n) is 5.48. The van der Waals surface area contributed by atoms with Crippen LogP contribution in [0.25, 0.3) is 0 Å². The van der Waals surface area contributed by atoms with Crippen molar-refractivity contribution in [1.82, 2.24) is 15.6 Å². The minimum Gasteiger partial charge on any atom is -0.403 e. The van der Waals surface area contributed by atoms with E-state index in [0.29, 0.717) is 23.6 Å². The summed E-state index contributed by atoms with van der Waals surface area (Å²) in [5.41, 5.74) is 8.14. The van der Waals surface area contributed by atoms with Crippen LogP contribution in [0.4, 0.5) is 11.4 Å². The number of hydrogen-bond donors (Lipinski definition) is 4. The zero-order valence-electron chi connectivity index (χ0n) is 20.3. The molecule has 1 atom stereocenters. The van der Waals surface area contributed by atoms with Crippen LogP contribution in [0.2, 0.25) is 0 Å². The Bertz CT molecular complexity index is 951. The van der Waals surface area contributed by atoms with Gasteiger partial charge in [-0.25, -0.2) is 0 Å². The molecular weight excluding hydrogens is 428 g/mol. The predicted octanol–water partition coefficient (Wildman–Crippen LogP) is 4.15. The van der Waals surface area contributed by atoms with Gasteiger partial charge in [0.15, 0.2) is 0 Å². The Kier molecular flexibility index (Phi) is 11.3. The summed E-state index contributed by atoms with van der Waals surface area (Å²) in [4.78, 5) is 33.8. The summed E-state index contributed by atoms with van der Waals surface area (Å²) in [6, 6.07) is 10.2. The average Bonchev–Trinajstić information content (AvgIpc) is 3.39. The SMILES string of the molecule is CC.CN=C/C(=C\N)NC(=O)C(CC1CCCC1)NC(=O)c1ccc(Nc2cccnc2)cc1. The van der Waals surface area contributed by atoms with Crippen LogP contribution in [0.5, 0.6) is 0 Å². The number of amides is 2. The molecule has 1 aromatic heterocycles. The molecule has 5 N–H and O–H groups in total. The van der Waals surface area contributed by atoms with Crippen LogP contribution >= 0.6 is 0 Å². The van der Waals surface area contributed by atoms with Crippen molar-refractivity contribution in [2.75, 3.05) is 12.4 Å². The number of benzene rings is 1. The molecular formula is C26H36N6O2. The second-order valence-corrected chi connectivity index (χ2v) is 7.85. The van der Waals surface area contributed by atoms with Crippen LogP contribution in [-0.2, 0) is 4.79 Å². The number of aromatic nitrogens is 1. The van der Waals surface area contributed by atoms with Gasteiger partial charge in [0, 0.05) is 36.9 Å². The molecule has 0 radical (unpaired) electrons. The third kappa shape index (κ3) is 8.35. The number of allylic oxidation sites excluding steroid dienone is 1. The number of carbonyl (C=O) groups is 2. The quantitative estimate of drug-likeness (QED) is 0.416. The fraction of sp³-hybridized carbons (Fsp3) is 0.385. The molecule has 1 fully saturated rings. The molecule has 1 heterocycles. The van der Waals surface area contributed by atoms with Crippen LogP contribution in [0.1, 0.15) is 56.3 Å². The Hall–Kier alpha value is -3.68. The van der Waals surface area contributed by atoms with Gasteiger partial charge < -0.3 is 21.7 Å². The fourth-order valence-electron chi connectivity index (χ4n) is 3.85. The summed E-state index contributed by atoms with van der Waals surface area (Å²) < 4.78 is 0. The molecule has 1 aromatic carbocycles.